The summed E-state index contributed by atoms with van der Waals surface area (Å²) >= 11 is 0. The first-order valence-corrected chi connectivity index (χ1v) is 4.65. The largest absolute Gasteiger partial charge is 0.392 e. The summed E-state index contributed by atoms with van der Waals surface area (Å²) in [5.41, 5.74) is 5.98. The Labute approximate surface area is 87.3 Å². The molecular weight excluding hydrogens is 198 g/mol. The van der Waals surface area contributed by atoms with Gasteiger partial charge in [-0.1, -0.05) is 5.21 Å². The van der Waals surface area contributed by atoms with E-state index in [1.165, 1.54) is 4.68 Å². The molecule has 15 heavy (non-hydrogen) atoms. The number of nitrogens with one attached hydrogen (secondary N) is 1. The first-order valence-electron chi connectivity index (χ1n) is 4.65. The molecule has 1 rings (SSSR count). The second-order valence-corrected chi connectivity index (χ2v) is 3.26. The molecule has 1 aromatic heterocycles. The summed E-state index contributed by atoms with van der Waals surface area (Å²) in [4.78, 5) is 11.3. The van der Waals surface area contributed by atoms with E-state index >= 15 is 0 Å². The van der Waals surface area contributed by atoms with Crippen LogP contribution in [0.5, 0.6) is 0 Å². The van der Waals surface area contributed by atoms with Gasteiger partial charge in [0.2, 0.25) is 5.91 Å². The minimum Gasteiger partial charge on any atom is -0.392 e. The second-order valence-electron chi connectivity index (χ2n) is 3.26. The third-order valence-corrected chi connectivity index (χ3v) is 1.70. The van der Waals surface area contributed by atoms with E-state index in [1.807, 2.05) is 0 Å². The number of aliphatic hydroxyl groups excluding tert-OH is 1. The lowest BCUT2D eigenvalue weighted by Crippen LogP contribution is -2.33. The molecule has 0 bridgehead atoms. The summed E-state index contributed by atoms with van der Waals surface area (Å²) in [7, 11) is 0. The molecule has 0 saturated carbocycles. The highest BCUT2D eigenvalue weighted by molar-refractivity contribution is 5.75. The third-order valence-electron chi connectivity index (χ3n) is 1.70. The number of nitrogens with zero attached hydrogens (tertiary/aromatic N) is 3. The quantitative estimate of drug-likeness (QED) is 0.537. The maximum atomic E-state index is 11.3. The molecule has 1 atom stereocenters. The lowest BCUT2D eigenvalue weighted by atomic mass is 10.4. The SMILES string of the molecule is C[C@H](O)CNC(=O)Cn1cc(CN)nn1. The molecule has 0 radical (unpaired) electrons. The number of carbonyl (C=O) groups excluding carboxylic acids is 1. The summed E-state index contributed by atoms with van der Waals surface area (Å²) in [6.45, 7) is 2.22. The molecule has 0 aliphatic rings. The Bertz CT molecular complexity index is 323. The van der Waals surface area contributed by atoms with Crippen molar-refractivity contribution >= 4 is 5.91 Å². The molecule has 0 aliphatic heterocycles. The van der Waals surface area contributed by atoms with E-state index in [0.29, 0.717) is 12.2 Å². The second kappa shape index (κ2) is 5.42. The fourth-order valence-electron chi connectivity index (χ4n) is 0.974. The van der Waals surface area contributed by atoms with E-state index in [2.05, 4.69) is 15.6 Å². The Morgan fingerprint density at radius 3 is 3.07 bits per heavy atom. The average molecular weight is 213 g/mol. The summed E-state index contributed by atoms with van der Waals surface area (Å²) in [5, 5.41) is 19.0. The number of hydrogen-bond acceptors (Lipinski definition) is 5. The number of nitrogens with two attached hydrogens (primary N) is 1. The number of amides is 1. The van der Waals surface area contributed by atoms with Gasteiger partial charge < -0.3 is 16.2 Å². The maximum absolute atomic E-state index is 11.3. The zero-order valence-corrected chi connectivity index (χ0v) is 8.55. The highest BCUT2D eigenvalue weighted by Crippen LogP contribution is 1.90. The summed E-state index contributed by atoms with van der Waals surface area (Å²) < 4.78 is 1.40. The molecule has 7 heteroatoms. The molecule has 0 spiro atoms. The van der Waals surface area contributed by atoms with Gasteiger partial charge in [0, 0.05) is 13.1 Å². The van der Waals surface area contributed by atoms with Gasteiger partial charge in [0.25, 0.3) is 0 Å². The van der Waals surface area contributed by atoms with Crippen molar-refractivity contribution in [1.29, 1.82) is 0 Å². The van der Waals surface area contributed by atoms with Crippen LogP contribution in [0.1, 0.15) is 12.6 Å². The molecule has 4 N–H and O–H groups in total. The average Bonchev–Trinajstić information content (AvgIpc) is 2.62. The van der Waals surface area contributed by atoms with Gasteiger partial charge in [-0.15, -0.1) is 5.10 Å². The molecule has 0 aliphatic carbocycles. The summed E-state index contributed by atoms with van der Waals surface area (Å²) in [5.74, 6) is -0.218. The van der Waals surface area contributed by atoms with Crippen molar-refractivity contribution in [3.05, 3.63) is 11.9 Å². The van der Waals surface area contributed by atoms with E-state index in [4.69, 9.17) is 10.8 Å². The fraction of sp³-hybridized carbons (Fsp3) is 0.625. The number of aliphatic hydroxyl groups is 1. The predicted molar refractivity (Wildman–Crippen MR) is 52.6 cm³/mol. The summed E-state index contributed by atoms with van der Waals surface area (Å²) in [6, 6.07) is 0. The highest BCUT2D eigenvalue weighted by Gasteiger charge is 2.05. The Hall–Kier alpha value is -1.47. The molecule has 0 fully saturated rings. The Morgan fingerprint density at radius 2 is 2.53 bits per heavy atom. The fourth-order valence-corrected chi connectivity index (χ4v) is 0.974. The van der Waals surface area contributed by atoms with E-state index in [9.17, 15) is 4.79 Å². The lowest BCUT2D eigenvalue weighted by molar-refractivity contribution is -0.122. The van der Waals surface area contributed by atoms with E-state index in [-0.39, 0.29) is 19.0 Å². The minimum absolute atomic E-state index is 0.0831. The van der Waals surface area contributed by atoms with Crippen LogP contribution < -0.4 is 11.1 Å². The zero-order chi connectivity index (χ0) is 11.3. The van der Waals surface area contributed by atoms with Crippen molar-refractivity contribution in [2.24, 2.45) is 5.73 Å². The van der Waals surface area contributed by atoms with E-state index in [1.54, 1.807) is 13.1 Å². The number of rotatable bonds is 5. The van der Waals surface area contributed by atoms with Crippen LogP contribution >= 0.6 is 0 Å². The number of carbonyl (C=O) groups is 1. The van der Waals surface area contributed by atoms with Crippen LogP contribution in [0.15, 0.2) is 6.20 Å². The van der Waals surface area contributed by atoms with Crippen LogP contribution in [-0.2, 0) is 17.9 Å². The van der Waals surface area contributed by atoms with Gasteiger partial charge in [-0.3, -0.25) is 4.79 Å². The van der Waals surface area contributed by atoms with Crippen molar-refractivity contribution in [2.75, 3.05) is 6.54 Å². The summed E-state index contributed by atoms with van der Waals surface area (Å²) in [6.07, 6.45) is 1.06. The van der Waals surface area contributed by atoms with Gasteiger partial charge in [0.1, 0.15) is 6.54 Å². The van der Waals surface area contributed by atoms with E-state index < -0.39 is 6.10 Å². The number of hydrogen-bond donors (Lipinski definition) is 3. The first kappa shape index (κ1) is 11.6. The minimum atomic E-state index is -0.552. The first-order chi connectivity index (χ1) is 7.11. The monoisotopic (exact) mass is 213 g/mol. The molecule has 1 aromatic rings. The molecule has 7 nitrogen and oxygen atoms in total. The maximum Gasteiger partial charge on any atom is 0.241 e. The van der Waals surface area contributed by atoms with Gasteiger partial charge in [-0.25, -0.2) is 4.68 Å². The standard InChI is InChI=1S/C8H15N5O2/c1-6(14)3-10-8(15)5-13-4-7(2-9)11-12-13/h4,6,14H,2-3,5,9H2,1H3,(H,10,15)/t6-/m0/s1. The Balaban J connectivity index is 2.37. The van der Waals surface area contributed by atoms with Crippen LogP contribution in [0.2, 0.25) is 0 Å². The van der Waals surface area contributed by atoms with Crippen molar-refractivity contribution in [3.8, 4) is 0 Å². The normalized spacial score (nSPS) is 12.5. The topological polar surface area (TPSA) is 106 Å². The Kier molecular flexibility index (Phi) is 4.19. The van der Waals surface area contributed by atoms with Gasteiger partial charge in [-0.05, 0) is 6.92 Å². The van der Waals surface area contributed by atoms with Crippen LogP contribution in [0, 0.1) is 0 Å². The van der Waals surface area contributed by atoms with Crippen molar-refractivity contribution in [1.82, 2.24) is 20.3 Å². The van der Waals surface area contributed by atoms with Gasteiger partial charge in [0.15, 0.2) is 0 Å². The number of aromatic nitrogens is 3. The van der Waals surface area contributed by atoms with Crippen LogP contribution in [-0.4, -0.2) is 38.7 Å². The molecular formula is C8H15N5O2. The molecule has 0 unspecified atom stereocenters. The smallest absolute Gasteiger partial charge is 0.241 e. The van der Waals surface area contributed by atoms with Crippen LogP contribution in [0.25, 0.3) is 0 Å². The van der Waals surface area contributed by atoms with Gasteiger partial charge in [0.05, 0.1) is 18.0 Å². The lowest BCUT2D eigenvalue weighted by Gasteiger charge is -2.06. The molecule has 1 amide bonds. The third kappa shape index (κ3) is 4.05. The molecule has 84 valence electrons. The zero-order valence-electron chi connectivity index (χ0n) is 8.55. The van der Waals surface area contributed by atoms with Crippen molar-refractivity contribution in [2.45, 2.75) is 26.1 Å². The van der Waals surface area contributed by atoms with Gasteiger partial charge in [-0.2, -0.15) is 0 Å². The molecule has 0 aromatic carbocycles. The van der Waals surface area contributed by atoms with Crippen molar-refractivity contribution < 1.29 is 9.90 Å². The van der Waals surface area contributed by atoms with E-state index in [0.717, 1.165) is 0 Å². The van der Waals surface area contributed by atoms with Gasteiger partial charge >= 0.3 is 0 Å². The van der Waals surface area contributed by atoms with Crippen molar-refractivity contribution in [3.63, 3.8) is 0 Å². The van der Waals surface area contributed by atoms with Crippen LogP contribution in [0.3, 0.4) is 0 Å². The predicted octanol–water partition coefficient (Wildman–Crippen LogP) is -1.77. The molecule has 1 heterocycles. The van der Waals surface area contributed by atoms with Crippen LogP contribution in [0.4, 0.5) is 0 Å². The highest BCUT2D eigenvalue weighted by atomic mass is 16.3. The Morgan fingerprint density at radius 1 is 1.80 bits per heavy atom. The molecule has 0 saturated heterocycles.